The average Bonchev–Trinajstić information content (AvgIpc) is 3.58. The summed E-state index contributed by atoms with van der Waals surface area (Å²) in [5.74, 6) is 7.45. The van der Waals surface area contributed by atoms with Crippen molar-refractivity contribution in [2.75, 3.05) is 65.4 Å². The van der Waals surface area contributed by atoms with Crippen LogP contribution in [0, 0.1) is 47.3 Å². The van der Waals surface area contributed by atoms with Gasteiger partial charge in [-0.3, -0.25) is 0 Å². The van der Waals surface area contributed by atoms with Crippen LogP contribution < -0.4 is 31.9 Å². The van der Waals surface area contributed by atoms with Gasteiger partial charge in [0.2, 0.25) is 0 Å². The standard InChI is InChI=1S/C9H18N2O.C9H18N2.C9H19N.C8H17N.C7H15N/c1-7(2)11-9(12)10-6-8-4-3-5-8;1-7(2)11-5-8-3-10-4-9(8)6-11;1-8(2)7-9-3-5-10-6-4-9;1-7(2)9-6-8-4-3-5-8;1-6(2)3-7-4-8-5-7/h7-8H,3-6H2,1-2H3,(H2,10,11,12);7-10H,3-6H2,1-2H3;8-10H,3-7H2,1-2H3;7-9H,3-6H2,1-2H3;6-8H,3-5H2,1-2H3. The number of hydrogen-bond acceptors (Lipinski definition) is 6. The lowest BCUT2D eigenvalue weighted by Gasteiger charge is -2.28. The smallest absolute Gasteiger partial charge is 0.314 e. The van der Waals surface area contributed by atoms with E-state index < -0.39 is 0 Å². The Morgan fingerprint density at radius 1 is 0.600 bits per heavy atom. The first-order chi connectivity index (χ1) is 23.8. The van der Waals surface area contributed by atoms with E-state index in [1.54, 1.807) is 0 Å². The first kappa shape index (κ1) is 45.2. The molecule has 0 radical (unpaired) electrons. The summed E-state index contributed by atoms with van der Waals surface area (Å²) in [6.07, 6.45) is 13.9. The lowest BCUT2D eigenvalue weighted by molar-refractivity contribution is 0.230. The average molecular weight is 706 g/mol. The molecule has 296 valence electrons. The van der Waals surface area contributed by atoms with Crippen LogP contribution in [-0.2, 0) is 0 Å². The molecule has 6 aliphatic rings. The van der Waals surface area contributed by atoms with E-state index in [1.165, 1.54) is 123 Å². The van der Waals surface area contributed by atoms with Gasteiger partial charge in [0.15, 0.2) is 0 Å². The van der Waals surface area contributed by atoms with Gasteiger partial charge in [0.25, 0.3) is 0 Å². The van der Waals surface area contributed by atoms with E-state index >= 15 is 0 Å². The molecule has 2 atom stereocenters. The Hall–Kier alpha value is -0.930. The summed E-state index contributed by atoms with van der Waals surface area (Å²) in [7, 11) is 0. The van der Waals surface area contributed by atoms with Crippen LogP contribution in [0.15, 0.2) is 0 Å². The number of nitrogens with one attached hydrogen (secondary N) is 6. The number of hydrogen-bond donors (Lipinski definition) is 6. The zero-order valence-electron chi connectivity index (χ0n) is 34.8. The molecule has 6 fully saturated rings. The number of carbonyl (C=O) groups excluding carboxylic acids is 1. The Balaban J connectivity index is 0.000000218. The van der Waals surface area contributed by atoms with Crippen molar-refractivity contribution in [2.45, 2.75) is 152 Å². The van der Waals surface area contributed by atoms with Gasteiger partial charge in [-0.2, -0.15) is 0 Å². The van der Waals surface area contributed by atoms with E-state index in [-0.39, 0.29) is 12.1 Å². The maximum Gasteiger partial charge on any atom is 0.314 e. The van der Waals surface area contributed by atoms with Gasteiger partial charge in [0.05, 0.1) is 0 Å². The predicted molar refractivity (Wildman–Crippen MR) is 217 cm³/mol. The lowest BCUT2D eigenvalue weighted by Crippen LogP contribution is -2.42. The minimum absolute atomic E-state index is 0.0306. The van der Waals surface area contributed by atoms with Gasteiger partial charge in [0, 0.05) is 37.8 Å². The third kappa shape index (κ3) is 20.9. The summed E-state index contributed by atoms with van der Waals surface area (Å²) in [5.41, 5.74) is 0. The van der Waals surface area contributed by atoms with Crippen molar-refractivity contribution < 1.29 is 4.79 Å². The summed E-state index contributed by atoms with van der Waals surface area (Å²) in [6.45, 7) is 34.4. The van der Waals surface area contributed by atoms with Gasteiger partial charge in [0.1, 0.15) is 0 Å². The molecule has 4 aliphatic heterocycles. The molecular weight excluding hydrogens is 619 g/mol. The number of likely N-dealkylation sites (tertiary alicyclic amines) is 1. The molecule has 0 aromatic carbocycles. The molecule has 4 heterocycles. The number of amides is 2. The zero-order valence-corrected chi connectivity index (χ0v) is 34.8. The second kappa shape index (κ2) is 25.9. The Bertz CT molecular complexity index is 820. The summed E-state index contributed by atoms with van der Waals surface area (Å²) in [6, 6.07) is 1.62. The highest BCUT2D eigenvalue weighted by atomic mass is 16.2. The van der Waals surface area contributed by atoms with Crippen LogP contribution in [0.2, 0.25) is 0 Å². The Labute approximate surface area is 311 Å². The number of carbonyl (C=O) groups is 1. The molecule has 0 spiro atoms. The second-order valence-electron chi connectivity index (χ2n) is 18.4. The van der Waals surface area contributed by atoms with Crippen LogP contribution in [0.5, 0.6) is 0 Å². The Morgan fingerprint density at radius 2 is 1.10 bits per heavy atom. The molecule has 8 heteroatoms. The van der Waals surface area contributed by atoms with Gasteiger partial charge in [-0.25, -0.2) is 4.79 Å². The molecule has 2 unspecified atom stereocenters. The fraction of sp³-hybridized carbons (Fsp3) is 0.976. The van der Waals surface area contributed by atoms with E-state index in [0.29, 0.717) is 6.04 Å². The predicted octanol–water partition coefficient (Wildman–Crippen LogP) is 7.11. The third-order valence-electron chi connectivity index (χ3n) is 11.3. The number of nitrogens with zero attached hydrogens (tertiary/aromatic N) is 1. The van der Waals surface area contributed by atoms with E-state index in [9.17, 15) is 4.79 Å². The van der Waals surface area contributed by atoms with Crippen molar-refractivity contribution in [1.29, 1.82) is 0 Å². The fourth-order valence-corrected chi connectivity index (χ4v) is 7.63. The van der Waals surface area contributed by atoms with E-state index in [0.717, 1.165) is 59.9 Å². The van der Waals surface area contributed by atoms with Crippen LogP contribution in [0.25, 0.3) is 0 Å². The van der Waals surface area contributed by atoms with Crippen LogP contribution in [-0.4, -0.2) is 94.5 Å². The molecule has 0 aromatic heterocycles. The highest BCUT2D eigenvalue weighted by Gasteiger charge is 2.36. The van der Waals surface area contributed by atoms with Gasteiger partial charge in [-0.05, 0) is 172 Å². The molecule has 50 heavy (non-hydrogen) atoms. The molecule has 2 aliphatic carbocycles. The van der Waals surface area contributed by atoms with Crippen molar-refractivity contribution in [3.63, 3.8) is 0 Å². The summed E-state index contributed by atoms with van der Waals surface area (Å²) >= 11 is 0. The minimum atomic E-state index is -0.0306. The largest absolute Gasteiger partial charge is 0.338 e. The number of rotatable bonds is 11. The molecule has 6 rings (SSSR count). The first-order valence-electron chi connectivity index (χ1n) is 21.5. The molecule has 0 bridgehead atoms. The van der Waals surface area contributed by atoms with Gasteiger partial charge in [-0.15, -0.1) is 0 Å². The monoisotopic (exact) mass is 706 g/mol. The second-order valence-corrected chi connectivity index (χ2v) is 18.4. The van der Waals surface area contributed by atoms with Crippen LogP contribution >= 0.6 is 0 Å². The van der Waals surface area contributed by atoms with E-state index in [4.69, 9.17) is 0 Å². The van der Waals surface area contributed by atoms with Gasteiger partial charge in [-0.1, -0.05) is 54.4 Å². The maximum atomic E-state index is 11.1. The highest BCUT2D eigenvalue weighted by molar-refractivity contribution is 5.74. The molecular formula is C42H87N7O. The summed E-state index contributed by atoms with van der Waals surface area (Å²) in [5, 5.41) is 19.2. The molecule has 0 aromatic rings. The van der Waals surface area contributed by atoms with Crippen LogP contribution in [0.4, 0.5) is 4.79 Å². The fourth-order valence-electron chi connectivity index (χ4n) is 7.63. The molecule has 8 nitrogen and oxygen atoms in total. The van der Waals surface area contributed by atoms with E-state index in [1.807, 2.05) is 13.8 Å². The molecule has 2 saturated carbocycles. The number of piperidine rings is 1. The SMILES string of the molecule is CC(C)CC1CCNCC1.CC(C)CC1CNC1.CC(C)N1CC2CNCC2C1.CC(C)NC(=O)NCC1CCC1.CC(C)NCC1CCC1. The van der Waals surface area contributed by atoms with E-state index in [2.05, 4.69) is 92.2 Å². The van der Waals surface area contributed by atoms with Crippen LogP contribution in [0.1, 0.15) is 133 Å². The summed E-state index contributed by atoms with van der Waals surface area (Å²) < 4.78 is 0. The van der Waals surface area contributed by atoms with Crippen molar-refractivity contribution in [2.24, 2.45) is 47.3 Å². The first-order valence-corrected chi connectivity index (χ1v) is 21.5. The minimum Gasteiger partial charge on any atom is -0.338 e. The van der Waals surface area contributed by atoms with Crippen molar-refractivity contribution in [3.8, 4) is 0 Å². The molecule has 2 amide bonds. The van der Waals surface area contributed by atoms with Gasteiger partial charge < -0.3 is 36.8 Å². The Kier molecular flexibility index (Phi) is 23.5. The number of urea groups is 1. The maximum absolute atomic E-state index is 11.1. The lowest BCUT2D eigenvalue weighted by atomic mass is 9.85. The van der Waals surface area contributed by atoms with Crippen LogP contribution in [0.3, 0.4) is 0 Å². The Morgan fingerprint density at radius 3 is 1.48 bits per heavy atom. The van der Waals surface area contributed by atoms with Crippen molar-refractivity contribution >= 4 is 6.03 Å². The zero-order chi connectivity index (χ0) is 36.9. The quantitative estimate of drug-likeness (QED) is 0.137. The third-order valence-corrected chi connectivity index (χ3v) is 11.3. The molecule has 4 saturated heterocycles. The number of fused-ring (bicyclic) bond motifs is 1. The van der Waals surface area contributed by atoms with Crippen molar-refractivity contribution in [3.05, 3.63) is 0 Å². The van der Waals surface area contributed by atoms with Crippen molar-refractivity contribution in [1.82, 2.24) is 36.8 Å². The normalized spacial score (nSPS) is 24.1. The van der Waals surface area contributed by atoms with Gasteiger partial charge >= 0.3 is 6.03 Å². The molecule has 6 N–H and O–H groups in total. The summed E-state index contributed by atoms with van der Waals surface area (Å²) in [4.78, 5) is 13.7. The topological polar surface area (TPSA) is 92.5 Å². The highest BCUT2D eigenvalue weighted by Crippen LogP contribution is 2.28.